The number of fused-ring (bicyclic) bond motifs is 1. The standard InChI is InChI=1S/C19H22N4OS.C2HF3O2/c1-19(2)10-12(11-23(19)3)20-18(24)13-6-4-7-14-16(13)22-17(21-14)15-8-5-9-25-15;3-2(4,5)1(6)7/h4-9,12H,10-11H2,1-3H3,(H,20,24)(H,21,22);(H,6,7). The number of likely N-dealkylation sites (tertiary alicyclic amines) is 1. The van der Waals surface area contributed by atoms with Gasteiger partial charge >= 0.3 is 12.1 Å². The maximum atomic E-state index is 12.8. The van der Waals surface area contributed by atoms with Gasteiger partial charge in [0.25, 0.3) is 5.91 Å². The molecule has 0 bridgehead atoms. The molecule has 1 aliphatic rings. The van der Waals surface area contributed by atoms with Crippen LogP contribution < -0.4 is 5.32 Å². The Labute approximate surface area is 186 Å². The fourth-order valence-electron chi connectivity index (χ4n) is 3.51. The van der Waals surface area contributed by atoms with Crippen molar-refractivity contribution in [2.45, 2.75) is 38.0 Å². The molecule has 1 aromatic carbocycles. The Bertz CT molecular complexity index is 1110. The second kappa shape index (κ2) is 8.91. The predicted octanol–water partition coefficient (Wildman–Crippen LogP) is 4.14. The van der Waals surface area contributed by atoms with E-state index in [0.29, 0.717) is 5.56 Å². The van der Waals surface area contributed by atoms with Crippen LogP contribution in [0.2, 0.25) is 0 Å². The highest BCUT2D eigenvalue weighted by molar-refractivity contribution is 7.13. The molecule has 0 saturated carbocycles. The van der Waals surface area contributed by atoms with Crippen LogP contribution in [0.5, 0.6) is 0 Å². The molecule has 3 heterocycles. The van der Waals surface area contributed by atoms with Crippen molar-refractivity contribution in [3.63, 3.8) is 0 Å². The molecule has 1 aliphatic heterocycles. The zero-order chi connectivity index (χ0) is 23.7. The smallest absolute Gasteiger partial charge is 0.475 e. The summed E-state index contributed by atoms with van der Waals surface area (Å²) in [6.07, 6.45) is -4.13. The predicted molar refractivity (Wildman–Crippen MR) is 116 cm³/mol. The Morgan fingerprint density at radius 1 is 1.28 bits per heavy atom. The van der Waals surface area contributed by atoms with E-state index in [1.54, 1.807) is 11.3 Å². The minimum absolute atomic E-state index is 0.0501. The first-order valence-corrected chi connectivity index (χ1v) is 10.6. The van der Waals surface area contributed by atoms with Crippen LogP contribution >= 0.6 is 11.3 Å². The third kappa shape index (κ3) is 5.28. The molecule has 4 rings (SSSR count). The number of benzene rings is 1. The zero-order valence-corrected chi connectivity index (χ0v) is 18.5. The summed E-state index contributed by atoms with van der Waals surface area (Å²) < 4.78 is 31.7. The number of halogens is 3. The molecule has 0 aliphatic carbocycles. The van der Waals surface area contributed by atoms with Crippen molar-refractivity contribution in [1.29, 1.82) is 0 Å². The van der Waals surface area contributed by atoms with Crippen molar-refractivity contribution >= 4 is 34.2 Å². The number of thiophene rings is 1. The molecule has 1 fully saturated rings. The number of alkyl halides is 3. The van der Waals surface area contributed by atoms with Gasteiger partial charge in [-0.1, -0.05) is 12.1 Å². The van der Waals surface area contributed by atoms with Crippen molar-refractivity contribution in [1.82, 2.24) is 20.2 Å². The van der Waals surface area contributed by atoms with Gasteiger partial charge in [0.1, 0.15) is 11.3 Å². The summed E-state index contributed by atoms with van der Waals surface area (Å²) in [5.74, 6) is -1.99. The number of aliphatic carboxylic acids is 1. The molecule has 2 aromatic heterocycles. The average molecular weight is 469 g/mol. The van der Waals surface area contributed by atoms with Gasteiger partial charge in [0, 0.05) is 18.1 Å². The Kier molecular flexibility index (Phi) is 6.61. The van der Waals surface area contributed by atoms with Crippen LogP contribution in [0.25, 0.3) is 21.7 Å². The molecule has 1 atom stereocenters. The topological polar surface area (TPSA) is 98.3 Å². The summed E-state index contributed by atoms with van der Waals surface area (Å²) in [4.78, 5) is 33.1. The summed E-state index contributed by atoms with van der Waals surface area (Å²) in [5.41, 5.74) is 2.36. The first-order valence-electron chi connectivity index (χ1n) is 9.73. The molecule has 1 unspecified atom stereocenters. The van der Waals surface area contributed by atoms with Crippen molar-refractivity contribution in [2.24, 2.45) is 0 Å². The fourth-order valence-corrected chi connectivity index (χ4v) is 4.18. The molecular formula is C21H23F3N4O3S. The minimum Gasteiger partial charge on any atom is -0.475 e. The normalized spacial score (nSPS) is 18.2. The lowest BCUT2D eigenvalue weighted by Crippen LogP contribution is -2.36. The first-order chi connectivity index (χ1) is 14.9. The highest BCUT2D eigenvalue weighted by atomic mass is 32.1. The van der Waals surface area contributed by atoms with Gasteiger partial charge in [-0.3, -0.25) is 9.69 Å². The van der Waals surface area contributed by atoms with Gasteiger partial charge in [0.2, 0.25) is 0 Å². The lowest BCUT2D eigenvalue weighted by molar-refractivity contribution is -0.192. The quantitative estimate of drug-likeness (QED) is 0.537. The number of hydrogen-bond donors (Lipinski definition) is 3. The van der Waals surface area contributed by atoms with E-state index in [4.69, 9.17) is 9.90 Å². The number of carbonyl (C=O) groups excluding carboxylic acids is 1. The van der Waals surface area contributed by atoms with E-state index >= 15 is 0 Å². The van der Waals surface area contributed by atoms with Crippen LogP contribution in [0.3, 0.4) is 0 Å². The number of para-hydroxylation sites is 1. The van der Waals surface area contributed by atoms with Gasteiger partial charge in [0.15, 0.2) is 0 Å². The first kappa shape index (κ1) is 23.7. The van der Waals surface area contributed by atoms with E-state index < -0.39 is 12.1 Å². The molecule has 3 N–H and O–H groups in total. The van der Waals surface area contributed by atoms with E-state index in [1.165, 1.54) is 0 Å². The van der Waals surface area contributed by atoms with E-state index in [-0.39, 0.29) is 17.5 Å². The highest BCUT2D eigenvalue weighted by Crippen LogP contribution is 2.28. The number of carbonyl (C=O) groups is 2. The number of nitrogens with one attached hydrogen (secondary N) is 2. The van der Waals surface area contributed by atoms with E-state index in [2.05, 4.69) is 41.1 Å². The lowest BCUT2D eigenvalue weighted by atomic mass is 10.0. The van der Waals surface area contributed by atoms with Crippen LogP contribution in [-0.4, -0.2) is 63.2 Å². The van der Waals surface area contributed by atoms with Crippen LogP contribution in [0.15, 0.2) is 35.7 Å². The molecule has 3 aromatic rings. The number of imidazole rings is 1. The molecule has 11 heteroatoms. The maximum Gasteiger partial charge on any atom is 0.490 e. The summed E-state index contributed by atoms with van der Waals surface area (Å²) in [6, 6.07) is 9.90. The third-order valence-corrected chi connectivity index (χ3v) is 6.24. The van der Waals surface area contributed by atoms with E-state index in [1.807, 2.05) is 35.7 Å². The second-order valence-electron chi connectivity index (χ2n) is 8.13. The average Bonchev–Trinajstić information content (AvgIpc) is 3.40. The van der Waals surface area contributed by atoms with Crippen LogP contribution in [0.1, 0.15) is 30.6 Å². The van der Waals surface area contributed by atoms with Gasteiger partial charge in [-0.05, 0) is 50.9 Å². The summed E-state index contributed by atoms with van der Waals surface area (Å²) >= 11 is 1.63. The number of rotatable bonds is 3. The van der Waals surface area contributed by atoms with Crippen molar-refractivity contribution in [3.8, 4) is 10.7 Å². The van der Waals surface area contributed by atoms with Crippen LogP contribution in [0.4, 0.5) is 13.2 Å². The number of amides is 1. The van der Waals surface area contributed by atoms with Gasteiger partial charge in [-0.25, -0.2) is 9.78 Å². The van der Waals surface area contributed by atoms with Crippen LogP contribution in [-0.2, 0) is 4.79 Å². The Morgan fingerprint density at radius 3 is 2.50 bits per heavy atom. The summed E-state index contributed by atoms with van der Waals surface area (Å²) in [7, 11) is 2.11. The molecular weight excluding hydrogens is 445 g/mol. The number of aromatic nitrogens is 2. The van der Waals surface area contributed by atoms with E-state index in [0.717, 1.165) is 34.7 Å². The molecule has 172 valence electrons. The second-order valence-corrected chi connectivity index (χ2v) is 9.08. The summed E-state index contributed by atoms with van der Waals surface area (Å²) in [6.45, 7) is 5.29. The monoisotopic (exact) mass is 468 g/mol. The molecule has 1 amide bonds. The molecule has 0 radical (unpaired) electrons. The number of aromatic amines is 1. The van der Waals surface area contributed by atoms with Crippen molar-refractivity contribution in [2.75, 3.05) is 13.6 Å². The van der Waals surface area contributed by atoms with Crippen molar-refractivity contribution < 1.29 is 27.9 Å². The van der Waals surface area contributed by atoms with E-state index in [9.17, 15) is 18.0 Å². The number of hydrogen-bond acceptors (Lipinski definition) is 5. The summed E-state index contributed by atoms with van der Waals surface area (Å²) in [5, 5.41) is 12.3. The highest BCUT2D eigenvalue weighted by Gasteiger charge is 2.38. The van der Waals surface area contributed by atoms with Crippen molar-refractivity contribution in [3.05, 3.63) is 41.3 Å². The number of carboxylic acid groups (broad SMARTS) is 1. The van der Waals surface area contributed by atoms with Crippen LogP contribution in [0, 0.1) is 0 Å². The fraction of sp³-hybridized carbons (Fsp3) is 0.381. The Balaban J connectivity index is 0.000000360. The van der Waals surface area contributed by atoms with Gasteiger partial charge in [-0.2, -0.15) is 13.2 Å². The molecule has 32 heavy (non-hydrogen) atoms. The lowest BCUT2D eigenvalue weighted by Gasteiger charge is -2.26. The Morgan fingerprint density at radius 2 is 1.97 bits per heavy atom. The number of H-pyrrole nitrogens is 1. The molecule has 0 spiro atoms. The SMILES string of the molecule is CN1CC(NC(=O)c2cccc3[nH]c(-c4cccs4)nc23)CC1(C)C.O=C(O)C(F)(F)F. The van der Waals surface area contributed by atoms with Gasteiger partial charge < -0.3 is 15.4 Å². The van der Waals surface area contributed by atoms with Gasteiger partial charge in [-0.15, -0.1) is 11.3 Å². The number of carboxylic acids is 1. The maximum absolute atomic E-state index is 12.8. The molecule has 7 nitrogen and oxygen atoms in total. The Hall–Kier alpha value is -2.92. The van der Waals surface area contributed by atoms with Gasteiger partial charge in [0.05, 0.1) is 16.0 Å². The zero-order valence-electron chi connectivity index (χ0n) is 17.7. The third-order valence-electron chi connectivity index (χ3n) is 5.36. The largest absolute Gasteiger partial charge is 0.490 e. The number of likely N-dealkylation sites (N-methyl/N-ethyl adjacent to an activating group) is 1. The number of nitrogens with zero attached hydrogens (tertiary/aromatic N) is 2. The minimum atomic E-state index is -5.08. The molecule has 1 saturated heterocycles.